The second-order valence-electron chi connectivity index (χ2n) is 3.29. The van der Waals surface area contributed by atoms with Crippen molar-refractivity contribution in [2.24, 2.45) is 0 Å². The van der Waals surface area contributed by atoms with E-state index in [1.165, 1.54) is 7.11 Å². The Morgan fingerprint density at radius 2 is 2.06 bits per heavy atom. The van der Waals surface area contributed by atoms with Crippen LogP contribution in [0, 0.1) is 6.92 Å². The number of benzene rings is 1. The van der Waals surface area contributed by atoms with Crippen LogP contribution in [-0.4, -0.2) is 29.9 Å². The van der Waals surface area contributed by atoms with Gasteiger partial charge in [-0.05, 0) is 30.5 Å². The zero-order valence-electron chi connectivity index (χ0n) is 8.78. The fourth-order valence-electron chi connectivity index (χ4n) is 1.43. The van der Waals surface area contributed by atoms with Crippen molar-refractivity contribution in [3.63, 3.8) is 0 Å². The topological polar surface area (TPSA) is 66.8 Å². The smallest absolute Gasteiger partial charge is 0.341 e. The van der Waals surface area contributed by atoms with Gasteiger partial charge in [0, 0.05) is 6.61 Å². The predicted molar refractivity (Wildman–Crippen MR) is 61.7 cm³/mol. The van der Waals surface area contributed by atoms with Gasteiger partial charge in [-0.3, -0.25) is 0 Å². The van der Waals surface area contributed by atoms with Crippen molar-refractivity contribution < 1.29 is 19.7 Å². The van der Waals surface area contributed by atoms with E-state index in [-0.39, 0.29) is 25.3 Å². The second-order valence-corrected chi connectivity index (χ2v) is 3.29. The molecule has 2 N–H and O–H groups in total. The number of esters is 1. The largest absolute Gasteiger partial charge is 0.507 e. The molecule has 0 fully saturated rings. The van der Waals surface area contributed by atoms with Gasteiger partial charge >= 0.3 is 5.97 Å². The van der Waals surface area contributed by atoms with E-state index in [1.54, 1.807) is 12.1 Å². The highest BCUT2D eigenvalue weighted by Gasteiger charge is 2.15. The number of aromatic hydroxyl groups is 1. The van der Waals surface area contributed by atoms with Crippen molar-refractivity contribution in [3.8, 4) is 5.75 Å². The quantitative estimate of drug-likeness (QED) is 0.769. The first-order chi connectivity index (χ1) is 7.10. The van der Waals surface area contributed by atoms with Crippen LogP contribution in [0.5, 0.6) is 5.75 Å². The van der Waals surface area contributed by atoms with Crippen LogP contribution in [0.1, 0.15) is 28.9 Å². The van der Waals surface area contributed by atoms with Crippen molar-refractivity contribution in [1.82, 2.24) is 0 Å². The maximum Gasteiger partial charge on any atom is 0.341 e. The summed E-state index contributed by atoms with van der Waals surface area (Å²) in [5.41, 5.74) is 1.54. The lowest BCUT2D eigenvalue weighted by Crippen LogP contribution is -2.04. The number of aliphatic hydroxyl groups excluding tert-OH is 1. The summed E-state index contributed by atoms with van der Waals surface area (Å²) < 4.78 is 4.54. The standard InChI is InChI=1S/C11H14O4.CH4/c1-7-5-8(3-4-12)10(13)9(6-7)11(14)15-2;/h5-6,12-13H,3-4H2,1-2H3;1H4. The summed E-state index contributed by atoms with van der Waals surface area (Å²) in [5.74, 6) is -0.683. The molecule has 0 radical (unpaired) electrons. The van der Waals surface area contributed by atoms with Gasteiger partial charge in [0.1, 0.15) is 11.3 Å². The average molecular weight is 226 g/mol. The van der Waals surface area contributed by atoms with E-state index < -0.39 is 5.97 Å². The number of hydrogen-bond acceptors (Lipinski definition) is 4. The summed E-state index contributed by atoms with van der Waals surface area (Å²) in [6.45, 7) is 1.74. The Morgan fingerprint density at radius 1 is 1.44 bits per heavy atom. The van der Waals surface area contributed by atoms with Crippen LogP contribution in [0.15, 0.2) is 12.1 Å². The Morgan fingerprint density at radius 3 is 2.56 bits per heavy atom. The van der Waals surface area contributed by atoms with Gasteiger partial charge in [-0.1, -0.05) is 13.5 Å². The summed E-state index contributed by atoms with van der Waals surface area (Å²) in [5, 5.41) is 18.5. The minimum Gasteiger partial charge on any atom is -0.507 e. The third-order valence-electron chi connectivity index (χ3n) is 2.12. The van der Waals surface area contributed by atoms with Gasteiger partial charge in [-0.25, -0.2) is 4.79 Å². The molecule has 0 aliphatic heterocycles. The minimum atomic E-state index is -0.574. The minimum absolute atomic E-state index is 0. The Kier molecular flexibility index (Phi) is 5.53. The number of methoxy groups -OCH3 is 1. The van der Waals surface area contributed by atoms with Crippen LogP contribution in [-0.2, 0) is 11.2 Å². The van der Waals surface area contributed by atoms with Crippen LogP contribution in [0.25, 0.3) is 0 Å². The molecule has 0 atom stereocenters. The fraction of sp³-hybridized carbons (Fsp3) is 0.417. The fourth-order valence-corrected chi connectivity index (χ4v) is 1.43. The molecular formula is C12H18O4. The maximum absolute atomic E-state index is 11.3. The second kappa shape index (κ2) is 6.12. The number of rotatable bonds is 3. The number of phenolic OH excluding ortho intramolecular Hbond substituents is 1. The molecule has 0 saturated heterocycles. The summed E-state index contributed by atoms with van der Waals surface area (Å²) in [7, 11) is 1.26. The molecule has 0 aliphatic carbocycles. The number of carbonyl (C=O) groups excluding carboxylic acids is 1. The number of phenols is 1. The molecule has 0 saturated carbocycles. The van der Waals surface area contributed by atoms with Crippen LogP contribution >= 0.6 is 0 Å². The van der Waals surface area contributed by atoms with Gasteiger partial charge < -0.3 is 14.9 Å². The molecule has 16 heavy (non-hydrogen) atoms. The lowest BCUT2D eigenvalue weighted by Gasteiger charge is -2.09. The first-order valence-corrected chi connectivity index (χ1v) is 4.61. The van der Waals surface area contributed by atoms with E-state index in [2.05, 4.69) is 4.74 Å². The molecule has 1 rings (SSSR count). The third kappa shape index (κ3) is 2.97. The zero-order valence-corrected chi connectivity index (χ0v) is 8.78. The number of carbonyl (C=O) groups is 1. The number of aliphatic hydroxyl groups is 1. The van der Waals surface area contributed by atoms with Crippen molar-refractivity contribution in [2.75, 3.05) is 13.7 Å². The molecule has 90 valence electrons. The highest BCUT2D eigenvalue weighted by Crippen LogP contribution is 2.25. The Bertz CT molecular complexity index is 372. The first-order valence-electron chi connectivity index (χ1n) is 4.61. The van der Waals surface area contributed by atoms with E-state index in [0.717, 1.165) is 5.56 Å². The van der Waals surface area contributed by atoms with Gasteiger partial charge in [0.2, 0.25) is 0 Å². The molecule has 0 spiro atoms. The van der Waals surface area contributed by atoms with Gasteiger partial charge in [-0.15, -0.1) is 0 Å². The Hall–Kier alpha value is -1.55. The number of ether oxygens (including phenoxy) is 1. The van der Waals surface area contributed by atoms with Gasteiger partial charge in [0.25, 0.3) is 0 Å². The van der Waals surface area contributed by atoms with Crippen molar-refractivity contribution in [3.05, 3.63) is 28.8 Å². The van der Waals surface area contributed by atoms with E-state index in [0.29, 0.717) is 12.0 Å². The lowest BCUT2D eigenvalue weighted by molar-refractivity contribution is 0.0597. The van der Waals surface area contributed by atoms with Gasteiger partial charge in [0.15, 0.2) is 0 Å². The zero-order chi connectivity index (χ0) is 11.4. The van der Waals surface area contributed by atoms with Crippen LogP contribution in [0.2, 0.25) is 0 Å². The van der Waals surface area contributed by atoms with E-state index in [9.17, 15) is 9.90 Å². The summed E-state index contributed by atoms with van der Waals surface area (Å²) >= 11 is 0. The van der Waals surface area contributed by atoms with Crippen molar-refractivity contribution in [1.29, 1.82) is 0 Å². The highest BCUT2D eigenvalue weighted by molar-refractivity contribution is 5.93. The monoisotopic (exact) mass is 226 g/mol. The van der Waals surface area contributed by atoms with Crippen LogP contribution < -0.4 is 0 Å². The molecule has 1 aromatic carbocycles. The molecule has 1 aromatic rings. The van der Waals surface area contributed by atoms with Crippen LogP contribution in [0.3, 0.4) is 0 Å². The summed E-state index contributed by atoms with van der Waals surface area (Å²) in [6.07, 6.45) is 0.317. The maximum atomic E-state index is 11.3. The molecule has 0 unspecified atom stereocenters. The average Bonchev–Trinajstić information content (AvgIpc) is 2.22. The lowest BCUT2D eigenvalue weighted by atomic mass is 10.0. The van der Waals surface area contributed by atoms with Crippen molar-refractivity contribution >= 4 is 5.97 Å². The number of hydrogen-bond donors (Lipinski definition) is 2. The summed E-state index contributed by atoms with van der Waals surface area (Å²) in [6, 6.07) is 3.29. The molecule has 4 heteroatoms. The SMILES string of the molecule is C.COC(=O)c1cc(C)cc(CCO)c1O. The third-order valence-corrected chi connectivity index (χ3v) is 2.12. The van der Waals surface area contributed by atoms with E-state index >= 15 is 0 Å². The van der Waals surface area contributed by atoms with E-state index in [1.807, 2.05) is 6.92 Å². The molecule has 0 aliphatic rings. The molecule has 0 bridgehead atoms. The molecule has 0 amide bonds. The first kappa shape index (κ1) is 14.5. The van der Waals surface area contributed by atoms with E-state index in [4.69, 9.17) is 5.11 Å². The number of aryl methyl sites for hydroxylation is 1. The predicted octanol–water partition coefficient (Wildman–Crippen LogP) is 1.66. The Labute approximate surface area is 95.5 Å². The normalized spacial score (nSPS) is 9.44. The molecular weight excluding hydrogens is 208 g/mol. The van der Waals surface area contributed by atoms with Crippen molar-refractivity contribution in [2.45, 2.75) is 20.8 Å². The molecule has 0 aromatic heterocycles. The van der Waals surface area contributed by atoms with Crippen LogP contribution in [0.4, 0.5) is 0 Å². The molecule has 4 nitrogen and oxygen atoms in total. The van der Waals surface area contributed by atoms with Gasteiger partial charge in [-0.2, -0.15) is 0 Å². The van der Waals surface area contributed by atoms with Gasteiger partial charge in [0.05, 0.1) is 7.11 Å². The molecule has 0 heterocycles. The summed E-state index contributed by atoms with van der Waals surface area (Å²) in [4.78, 5) is 11.3. The highest BCUT2D eigenvalue weighted by atomic mass is 16.5. The Balaban J connectivity index is 0.00000225.